The number of nitrogens with one attached hydrogen (secondary N) is 1. The first-order valence-electron chi connectivity index (χ1n) is 13.6. The van der Waals surface area contributed by atoms with Crippen LogP contribution >= 0.6 is 0 Å². The minimum Gasteiger partial charge on any atom is -0.379 e. The van der Waals surface area contributed by atoms with Crippen LogP contribution in [0.1, 0.15) is 40.5 Å². The third-order valence-corrected chi connectivity index (χ3v) is 7.82. The van der Waals surface area contributed by atoms with Crippen molar-refractivity contribution in [3.63, 3.8) is 0 Å². The average molecular weight is 547 g/mol. The van der Waals surface area contributed by atoms with Gasteiger partial charge in [0, 0.05) is 36.9 Å². The number of rotatable bonds is 6. The number of amides is 1. The number of ether oxygens (including phenoxy) is 1. The van der Waals surface area contributed by atoms with Crippen molar-refractivity contribution >= 4 is 16.9 Å². The van der Waals surface area contributed by atoms with E-state index in [-0.39, 0.29) is 30.1 Å². The monoisotopic (exact) mass is 546 g/mol. The molecule has 3 aromatic heterocycles. The van der Waals surface area contributed by atoms with Gasteiger partial charge in [-0.2, -0.15) is 0 Å². The predicted octanol–water partition coefficient (Wildman–Crippen LogP) is 3.42. The topological polar surface area (TPSA) is 96.3 Å². The number of hydrogen-bond acceptors (Lipinski definition) is 6. The standard InChI is InChI=1S/C29H28F2N6O3/c30-19-3-4-22(23(11-19)28(38)36-13-20(31)14-36)18-9-24(17-1-2-17)34-26(10-18)37-16-32-25-12-21(33-27(25)29(37)39)15-35-5-7-40-8-6-35/h3-4,9-12,16-17,20,33H,1-2,5-8,13-15H2. The Bertz CT molecular complexity index is 1670. The van der Waals surface area contributed by atoms with E-state index in [2.05, 4.69) is 14.9 Å². The fourth-order valence-electron chi connectivity index (χ4n) is 5.41. The summed E-state index contributed by atoms with van der Waals surface area (Å²) in [5.41, 5.74) is 3.69. The van der Waals surface area contributed by atoms with Gasteiger partial charge in [-0.3, -0.25) is 14.5 Å². The zero-order valence-corrected chi connectivity index (χ0v) is 21.8. The lowest BCUT2D eigenvalue weighted by Crippen LogP contribution is -2.51. The van der Waals surface area contributed by atoms with Gasteiger partial charge >= 0.3 is 0 Å². The molecule has 1 saturated carbocycles. The Morgan fingerprint density at radius 1 is 1.10 bits per heavy atom. The van der Waals surface area contributed by atoms with Gasteiger partial charge in [-0.15, -0.1) is 0 Å². The quantitative estimate of drug-likeness (QED) is 0.398. The first-order chi connectivity index (χ1) is 19.4. The summed E-state index contributed by atoms with van der Waals surface area (Å²) >= 11 is 0. The number of aromatic amines is 1. The number of alkyl halides is 1. The smallest absolute Gasteiger partial charge is 0.283 e. The fourth-order valence-corrected chi connectivity index (χ4v) is 5.41. The molecule has 7 rings (SSSR count). The second kappa shape index (κ2) is 9.90. The second-order valence-corrected chi connectivity index (χ2v) is 10.8. The van der Waals surface area contributed by atoms with Crippen molar-refractivity contribution < 1.29 is 18.3 Å². The molecular weight excluding hydrogens is 518 g/mol. The third-order valence-electron chi connectivity index (χ3n) is 7.82. The lowest BCUT2D eigenvalue weighted by molar-refractivity contribution is 0.0337. The number of pyridine rings is 1. The molecule has 0 spiro atoms. The van der Waals surface area contributed by atoms with Crippen LogP contribution in [0.4, 0.5) is 8.78 Å². The molecule has 5 heterocycles. The van der Waals surface area contributed by atoms with Crippen molar-refractivity contribution in [1.29, 1.82) is 0 Å². The fraction of sp³-hybridized carbons (Fsp3) is 0.379. The van der Waals surface area contributed by atoms with Crippen molar-refractivity contribution in [3.8, 4) is 16.9 Å². The summed E-state index contributed by atoms with van der Waals surface area (Å²) < 4.78 is 34.6. The van der Waals surface area contributed by atoms with Crippen LogP contribution in [0.3, 0.4) is 0 Å². The molecule has 0 atom stereocenters. The molecule has 40 heavy (non-hydrogen) atoms. The van der Waals surface area contributed by atoms with Crippen LogP contribution in [0.15, 0.2) is 47.5 Å². The summed E-state index contributed by atoms with van der Waals surface area (Å²) in [4.78, 5) is 43.0. The van der Waals surface area contributed by atoms with Crippen molar-refractivity contribution in [1.82, 2.24) is 29.3 Å². The molecule has 1 aromatic carbocycles. The largest absolute Gasteiger partial charge is 0.379 e. The Morgan fingerprint density at radius 2 is 1.90 bits per heavy atom. The number of hydrogen-bond donors (Lipinski definition) is 1. The van der Waals surface area contributed by atoms with E-state index in [0.717, 1.165) is 37.3 Å². The maximum absolute atomic E-state index is 14.3. The van der Waals surface area contributed by atoms with E-state index in [1.807, 2.05) is 12.1 Å². The van der Waals surface area contributed by atoms with Gasteiger partial charge in [0.2, 0.25) is 0 Å². The number of morpholine rings is 1. The summed E-state index contributed by atoms with van der Waals surface area (Å²) in [6.45, 7) is 3.68. The predicted molar refractivity (Wildman–Crippen MR) is 144 cm³/mol. The second-order valence-electron chi connectivity index (χ2n) is 10.8. The number of nitrogens with zero attached hydrogens (tertiary/aromatic N) is 5. The Labute approximate surface area is 228 Å². The van der Waals surface area contributed by atoms with Crippen LogP contribution in [0.25, 0.3) is 28.0 Å². The van der Waals surface area contributed by atoms with Gasteiger partial charge in [0.15, 0.2) is 0 Å². The maximum Gasteiger partial charge on any atom is 0.283 e. The first-order valence-corrected chi connectivity index (χ1v) is 13.6. The van der Waals surface area contributed by atoms with E-state index in [4.69, 9.17) is 9.72 Å². The van der Waals surface area contributed by atoms with E-state index < -0.39 is 17.9 Å². The Balaban J connectivity index is 1.29. The lowest BCUT2D eigenvalue weighted by Gasteiger charge is -2.34. The van der Waals surface area contributed by atoms with Gasteiger partial charge in [0.25, 0.3) is 11.5 Å². The zero-order chi connectivity index (χ0) is 27.4. The molecule has 206 valence electrons. The molecule has 2 saturated heterocycles. The number of halogens is 2. The Hall–Kier alpha value is -3.96. The van der Waals surface area contributed by atoms with E-state index in [1.54, 1.807) is 12.1 Å². The summed E-state index contributed by atoms with van der Waals surface area (Å²) in [5.74, 6) is -0.349. The van der Waals surface area contributed by atoms with Gasteiger partial charge in [-0.05, 0) is 54.3 Å². The molecule has 3 fully saturated rings. The van der Waals surface area contributed by atoms with Gasteiger partial charge < -0.3 is 14.6 Å². The Kier molecular flexibility index (Phi) is 6.20. The summed E-state index contributed by atoms with van der Waals surface area (Å²) in [6, 6.07) is 9.55. The van der Waals surface area contributed by atoms with E-state index in [9.17, 15) is 18.4 Å². The molecule has 3 aliphatic rings. The SMILES string of the molecule is O=C(c1cc(F)ccc1-c1cc(C2CC2)nc(-n2cnc3cc(CN4CCOCC4)[nH]c3c2=O)c1)N1CC(F)C1. The molecule has 0 radical (unpaired) electrons. The van der Waals surface area contributed by atoms with Gasteiger partial charge in [0.05, 0.1) is 37.4 Å². The molecule has 1 N–H and O–H groups in total. The number of fused-ring (bicyclic) bond motifs is 1. The van der Waals surface area contributed by atoms with E-state index >= 15 is 0 Å². The molecule has 4 aromatic rings. The van der Waals surface area contributed by atoms with E-state index in [1.165, 1.54) is 27.9 Å². The molecule has 0 bridgehead atoms. The maximum atomic E-state index is 14.3. The number of carbonyl (C=O) groups excluding carboxylic acids is 1. The van der Waals surface area contributed by atoms with Gasteiger partial charge in [-0.25, -0.2) is 23.3 Å². The normalized spacial score (nSPS) is 18.3. The van der Waals surface area contributed by atoms with Gasteiger partial charge in [-0.1, -0.05) is 6.07 Å². The molecule has 1 amide bonds. The lowest BCUT2D eigenvalue weighted by atomic mass is 9.97. The highest BCUT2D eigenvalue weighted by Crippen LogP contribution is 2.41. The molecule has 11 heteroatoms. The highest BCUT2D eigenvalue weighted by molar-refractivity contribution is 6.01. The third kappa shape index (κ3) is 4.69. The molecule has 9 nitrogen and oxygen atoms in total. The number of likely N-dealkylation sites (tertiary alicyclic amines) is 1. The van der Waals surface area contributed by atoms with Gasteiger partial charge in [0.1, 0.15) is 29.7 Å². The number of benzene rings is 1. The first kappa shape index (κ1) is 25.0. The zero-order valence-electron chi connectivity index (χ0n) is 21.8. The molecular formula is C29H28F2N6O3. The molecule has 0 unspecified atom stereocenters. The Morgan fingerprint density at radius 3 is 2.65 bits per heavy atom. The summed E-state index contributed by atoms with van der Waals surface area (Å²) in [7, 11) is 0. The summed E-state index contributed by atoms with van der Waals surface area (Å²) in [6.07, 6.45) is 2.36. The average Bonchev–Trinajstić information content (AvgIpc) is 3.71. The van der Waals surface area contributed by atoms with Crippen LogP contribution < -0.4 is 5.56 Å². The molecule has 1 aliphatic carbocycles. The van der Waals surface area contributed by atoms with Crippen LogP contribution in [0.5, 0.6) is 0 Å². The van der Waals surface area contributed by atoms with Crippen molar-refractivity contribution in [2.45, 2.75) is 31.5 Å². The minimum atomic E-state index is -1.06. The highest BCUT2D eigenvalue weighted by atomic mass is 19.1. The van der Waals surface area contributed by atoms with Crippen LogP contribution in [0, 0.1) is 5.82 Å². The summed E-state index contributed by atoms with van der Waals surface area (Å²) in [5, 5.41) is 0. The minimum absolute atomic E-state index is 0.00550. The number of aromatic nitrogens is 4. The van der Waals surface area contributed by atoms with E-state index in [0.29, 0.717) is 47.7 Å². The van der Waals surface area contributed by atoms with Crippen molar-refractivity contribution in [2.24, 2.45) is 0 Å². The number of H-pyrrole nitrogens is 1. The van der Waals surface area contributed by atoms with Crippen LogP contribution in [-0.4, -0.2) is 80.8 Å². The van der Waals surface area contributed by atoms with Crippen molar-refractivity contribution in [2.75, 3.05) is 39.4 Å². The highest BCUT2D eigenvalue weighted by Gasteiger charge is 2.33. The molecule has 2 aliphatic heterocycles. The van der Waals surface area contributed by atoms with Crippen molar-refractivity contribution in [3.05, 3.63) is 75.8 Å². The number of carbonyl (C=O) groups is 1. The van der Waals surface area contributed by atoms with Crippen LogP contribution in [-0.2, 0) is 11.3 Å². The van der Waals surface area contributed by atoms with Crippen LogP contribution in [0.2, 0.25) is 0 Å².